The third-order valence-corrected chi connectivity index (χ3v) is 9.13. The zero-order valence-corrected chi connectivity index (χ0v) is 24.7. The number of furan rings is 1. The molecule has 0 fully saturated rings. The van der Waals surface area contributed by atoms with Crippen molar-refractivity contribution >= 4 is 65.6 Å². The predicted octanol–water partition coefficient (Wildman–Crippen LogP) is 11.1. The minimum Gasteiger partial charge on any atom is -0.456 e. The lowest BCUT2D eigenvalue weighted by atomic mass is 10.0. The number of aromatic nitrogens is 3. The van der Waals surface area contributed by atoms with Crippen LogP contribution in [0.25, 0.3) is 93.8 Å². The second-order valence-electron chi connectivity index (χ2n) is 11.8. The smallest absolute Gasteiger partial charge is 0.138 e. The highest BCUT2D eigenvalue weighted by atomic mass is 16.3. The summed E-state index contributed by atoms with van der Waals surface area (Å²) in [6, 6.07) is 53.0. The molecular weight excluding hydrogens is 562 g/mol. The minimum atomic E-state index is 0.814. The Morgan fingerprint density at radius 1 is 0.435 bits per heavy atom. The van der Waals surface area contributed by atoms with Crippen molar-refractivity contribution in [1.29, 1.82) is 0 Å². The minimum absolute atomic E-state index is 0.814. The normalized spacial score (nSPS) is 11.9. The van der Waals surface area contributed by atoms with Crippen molar-refractivity contribution in [3.63, 3.8) is 0 Å². The van der Waals surface area contributed by atoms with E-state index in [0.29, 0.717) is 0 Å². The predicted molar refractivity (Wildman–Crippen MR) is 190 cm³/mol. The lowest BCUT2D eigenvalue weighted by Gasteiger charge is -2.15. The van der Waals surface area contributed by atoms with Gasteiger partial charge in [0.15, 0.2) is 0 Å². The van der Waals surface area contributed by atoms with Crippen molar-refractivity contribution in [1.82, 2.24) is 14.5 Å². The summed E-state index contributed by atoms with van der Waals surface area (Å²) in [4.78, 5) is 10.4. The fourth-order valence-electron chi connectivity index (χ4n) is 7.06. The summed E-state index contributed by atoms with van der Waals surface area (Å²) in [5, 5.41) is 7.02. The van der Waals surface area contributed by atoms with Gasteiger partial charge in [-0.15, -0.1) is 0 Å². The first-order valence-corrected chi connectivity index (χ1v) is 15.5. The maximum absolute atomic E-state index is 6.62. The van der Waals surface area contributed by atoms with Gasteiger partial charge in [-0.3, -0.25) is 0 Å². The quantitative estimate of drug-likeness (QED) is 0.207. The first-order chi connectivity index (χ1) is 22.8. The molecular formula is C42H25N3O. The van der Waals surface area contributed by atoms with Gasteiger partial charge in [0.25, 0.3) is 0 Å². The second kappa shape index (κ2) is 9.62. The van der Waals surface area contributed by atoms with Gasteiger partial charge < -0.3 is 8.98 Å². The van der Waals surface area contributed by atoms with E-state index in [0.717, 1.165) is 72.2 Å². The lowest BCUT2D eigenvalue weighted by Crippen LogP contribution is -1.99. The van der Waals surface area contributed by atoms with Gasteiger partial charge in [0.05, 0.1) is 44.5 Å². The van der Waals surface area contributed by atoms with Crippen molar-refractivity contribution < 1.29 is 4.42 Å². The molecule has 214 valence electrons. The van der Waals surface area contributed by atoms with E-state index in [-0.39, 0.29) is 0 Å². The molecule has 4 heteroatoms. The number of hydrogen-bond donors (Lipinski definition) is 0. The highest BCUT2D eigenvalue weighted by Gasteiger charge is 2.22. The molecule has 0 aliphatic rings. The average molecular weight is 588 g/mol. The van der Waals surface area contributed by atoms with Crippen molar-refractivity contribution in [2.45, 2.75) is 0 Å². The summed E-state index contributed by atoms with van der Waals surface area (Å²) in [5.74, 6) is 0. The van der Waals surface area contributed by atoms with Gasteiger partial charge in [-0.05, 0) is 59.3 Å². The number of para-hydroxylation sites is 4. The molecule has 0 N–H and O–H groups in total. The zero-order valence-electron chi connectivity index (χ0n) is 24.7. The average Bonchev–Trinajstić information content (AvgIpc) is 3.65. The van der Waals surface area contributed by atoms with Gasteiger partial charge in [0, 0.05) is 27.3 Å². The summed E-state index contributed by atoms with van der Waals surface area (Å²) >= 11 is 0. The van der Waals surface area contributed by atoms with Crippen molar-refractivity contribution in [3.8, 4) is 28.2 Å². The van der Waals surface area contributed by atoms with Crippen LogP contribution in [0.15, 0.2) is 156 Å². The van der Waals surface area contributed by atoms with E-state index in [4.69, 9.17) is 14.4 Å². The van der Waals surface area contributed by atoms with Crippen LogP contribution in [-0.2, 0) is 0 Å². The van der Waals surface area contributed by atoms with Gasteiger partial charge in [-0.2, -0.15) is 0 Å². The molecule has 0 radical (unpaired) electrons. The number of nitrogens with zero attached hydrogens (tertiary/aromatic N) is 3. The fraction of sp³-hybridized carbons (Fsp3) is 0. The number of benzene rings is 7. The number of fused-ring (bicyclic) bond motifs is 8. The lowest BCUT2D eigenvalue weighted by molar-refractivity contribution is 0.669. The molecule has 7 aromatic carbocycles. The molecule has 46 heavy (non-hydrogen) atoms. The third-order valence-electron chi connectivity index (χ3n) is 9.13. The van der Waals surface area contributed by atoms with E-state index >= 15 is 0 Å². The van der Waals surface area contributed by atoms with E-state index < -0.39 is 0 Å². The van der Waals surface area contributed by atoms with Gasteiger partial charge in [-0.1, -0.05) is 103 Å². The van der Waals surface area contributed by atoms with E-state index in [1.807, 2.05) is 54.6 Å². The van der Waals surface area contributed by atoms with Crippen LogP contribution in [0.2, 0.25) is 0 Å². The monoisotopic (exact) mass is 587 g/mol. The van der Waals surface area contributed by atoms with Crippen LogP contribution < -0.4 is 0 Å². The fourth-order valence-corrected chi connectivity index (χ4v) is 7.06. The van der Waals surface area contributed by atoms with Crippen molar-refractivity contribution in [2.75, 3.05) is 0 Å². The van der Waals surface area contributed by atoms with Crippen LogP contribution in [0.1, 0.15) is 0 Å². The van der Waals surface area contributed by atoms with E-state index in [9.17, 15) is 0 Å². The molecule has 0 unspecified atom stereocenters. The third kappa shape index (κ3) is 3.67. The van der Waals surface area contributed by atoms with Crippen molar-refractivity contribution in [3.05, 3.63) is 152 Å². The summed E-state index contributed by atoms with van der Waals surface area (Å²) in [6.45, 7) is 0. The van der Waals surface area contributed by atoms with E-state index in [1.54, 1.807) is 0 Å². The Labute approximate surface area is 263 Å². The first kappa shape index (κ1) is 25.1. The molecule has 4 nitrogen and oxygen atoms in total. The summed E-state index contributed by atoms with van der Waals surface area (Å²) < 4.78 is 9.02. The Morgan fingerprint density at radius 2 is 1.07 bits per heavy atom. The highest BCUT2D eigenvalue weighted by molar-refractivity contribution is 6.17. The molecule has 0 atom stereocenters. The Balaban J connectivity index is 1.37. The second-order valence-corrected chi connectivity index (χ2v) is 11.8. The standard InChI is InChI=1S/C42H25N3O/c1-2-12-26(13-3-1)41-42(44-34-19-9-8-18-33(34)43-41)29-24-37(40-31-17-7-11-21-38(31)46-39(40)25-29)45-35-20-10-6-16-30(35)32-22-27-14-4-5-15-28(27)23-36(32)45/h1-25H. The number of rotatable bonds is 3. The molecule has 3 heterocycles. The molecule has 10 aromatic rings. The van der Waals surface area contributed by atoms with E-state index in [1.165, 1.54) is 21.5 Å². The largest absolute Gasteiger partial charge is 0.456 e. The van der Waals surface area contributed by atoms with Gasteiger partial charge in [-0.25, -0.2) is 9.97 Å². The van der Waals surface area contributed by atoms with Crippen LogP contribution >= 0.6 is 0 Å². The van der Waals surface area contributed by atoms with E-state index in [2.05, 4.69) is 102 Å². The van der Waals surface area contributed by atoms with Crippen molar-refractivity contribution in [2.24, 2.45) is 0 Å². The molecule has 0 saturated carbocycles. The molecule has 3 aromatic heterocycles. The van der Waals surface area contributed by atoms with Crippen LogP contribution in [0.5, 0.6) is 0 Å². The molecule has 10 rings (SSSR count). The Morgan fingerprint density at radius 3 is 1.87 bits per heavy atom. The van der Waals surface area contributed by atoms with Gasteiger partial charge >= 0.3 is 0 Å². The van der Waals surface area contributed by atoms with Crippen LogP contribution in [0, 0.1) is 0 Å². The number of hydrogen-bond acceptors (Lipinski definition) is 3. The van der Waals surface area contributed by atoms with Gasteiger partial charge in [0.2, 0.25) is 0 Å². The zero-order chi connectivity index (χ0) is 30.2. The summed E-state index contributed by atoms with van der Waals surface area (Å²) in [5.41, 5.74) is 10.4. The first-order valence-electron chi connectivity index (χ1n) is 15.5. The molecule has 0 aliphatic carbocycles. The maximum Gasteiger partial charge on any atom is 0.138 e. The van der Waals surface area contributed by atoms with Crippen LogP contribution in [0.3, 0.4) is 0 Å². The summed E-state index contributed by atoms with van der Waals surface area (Å²) in [7, 11) is 0. The topological polar surface area (TPSA) is 43.9 Å². The highest BCUT2D eigenvalue weighted by Crippen LogP contribution is 2.43. The summed E-state index contributed by atoms with van der Waals surface area (Å²) in [6.07, 6.45) is 0. The van der Waals surface area contributed by atoms with Crippen LogP contribution in [0.4, 0.5) is 0 Å². The Kier molecular flexibility index (Phi) is 5.25. The molecule has 0 aliphatic heterocycles. The van der Waals surface area contributed by atoms with Gasteiger partial charge in [0.1, 0.15) is 11.2 Å². The molecule has 0 spiro atoms. The maximum atomic E-state index is 6.62. The SMILES string of the molecule is c1ccc(-c2nc3ccccc3nc2-c2cc(-n3c4ccccc4c4cc5ccccc5cc43)c3c(c2)oc2ccccc23)cc1. The Hall–Kier alpha value is -6.26. The molecule has 0 amide bonds. The molecule has 0 bridgehead atoms. The van der Waals surface area contributed by atoms with Crippen LogP contribution in [-0.4, -0.2) is 14.5 Å². The Bertz CT molecular complexity index is 2810. The molecule has 0 saturated heterocycles.